The average Bonchev–Trinajstić information content (AvgIpc) is 3.30. The van der Waals surface area contributed by atoms with Gasteiger partial charge in [0, 0.05) is 37.6 Å². The Hall–Kier alpha value is -2.73. The maximum Gasteiger partial charge on any atom is 0.238 e. The van der Waals surface area contributed by atoms with Crippen LogP contribution in [-0.2, 0) is 17.8 Å². The first-order valence-corrected chi connectivity index (χ1v) is 11.4. The number of benzene rings is 2. The molecular formula is C25H33N3O3. The highest BCUT2D eigenvalue weighted by Crippen LogP contribution is 2.34. The van der Waals surface area contributed by atoms with Gasteiger partial charge in [-0.15, -0.1) is 0 Å². The Morgan fingerprint density at radius 1 is 0.935 bits per heavy atom. The highest BCUT2D eigenvalue weighted by Gasteiger charge is 2.21. The fraction of sp³-hybridized carbons (Fsp3) is 0.480. The lowest BCUT2D eigenvalue weighted by Crippen LogP contribution is -2.37. The molecule has 2 aliphatic rings. The molecule has 2 aromatic carbocycles. The third-order valence-electron chi connectivity index (χ3n) is 5.95. The zero-order valence-electron chi connectivity index (χ0n) is 18.7. The Balaban J connectivity index is 1.35. The van der Waals surface area contributed by atoms with Crippen molar-refractivity contribution < 1.29 is 14.3 Å². The highest BCUT2D eigenvalue weighted by atomic mass is 16.5. The minimum absolute atomic E-state index is 0.0216. The summed E-state index contributed by atoms with van der Waals surface area (Å²) >= 11 is 0. The van der Waals surface area contributed by atoms with Crippen LogP contribution in [0.4, 0.5) is 11.4 Å². The lowest BCUT2D eigenvalue weighted by molar-refractivity contribution is -0.117. The van der Waals surface area contributed by atoms with E-state index in [2.05, 4.69) is 39.4 Å². The first-order valence-electron chi connectivity index (χ1n) is 11.4. The third-order valence-corrected chi connectivity index (χ3v) is 5.95. The van der Waals surface area contributed by atoms with Crippen LogP contribution in [0.5, 0.6) is 11.5 Å². The van der Waals surface area contributed by atoms with E-state index in [-0.39, 0.29) is 5.91 Å². The van der Waals surface area contributed by atoms with Crippen molar-refractivity contribution in [3.63, 3.8) is 0 Å². The van der Waals surface area contributed by atoms with Gasteiger partial charge in [0.15, 0.2) is 11.5 Å². The van der Waals surface area contributed by atoms with Crippen molar-refractivity contribution in [1.82, 2.24) is 4.90 Å². The molecule has 1 N–H and O–H groups in total. The summed E-state index contributed by atoms with van der Waals surface area (Å²) in [5, 5.41) is 3.04. The van der Waals surface area contributed by atoms with Gasteiger partial charge in [0.25, 0.3) is 0 Å². The molecule has 2 aromatic rings. The summed E-state index contributed by atoms with van der Waals surface area (Å²) in [6.45, 7) is 9.39. The Morgan fingerprint density at radius 3 is 2.23 bits per heavy atom. The van der Waals surface area contributed by atoms with Gasteiger partial charge in [-0.1, -0.05) is 0 Å². The number of anilines is 2. The van der Waals surface area contributed by atoms with Crippen LogP contribution in [0.25, 0.3) is 0 Å². The summed E-state index contributed by atoms with van der Waals surface area (Å²) in [6.07, 6.45) is 3.42. The molecule has 0 spiro atoms. The molecule has 0 aliphatic carbocycles. The van der Waals surface area contributed by atoms with Crippen molar-refractivity contribution in [3.8, 4) is 11.5 Å². The number of hydrogen-bond acceptors (Lipinski definition) is 5. The summed E-state index contributed by atoms with van der Waals surface area (Å²) in [5.74, 6) is 1.62. The number of carbonyl (C=O) groups is 1. The maximum atomic E-state index is 12.6. The third kappa shape index (κ3) is 5.31. The van der Waals surface area contributed by atoms with Crippen molar-refractivity contribution in [2.45, 2.75) is 39.7 Å². The molecule has 1 saturated heterocycles. The number of fused-ring (bicyclic) bond motifs is 1. The number of amides is 1. The van der Waals surface area contributed by atoms with Gasteiger partial charge in [-0.2, -0.15) is 0 Å². The standard InChI is InChI=1S/C25H33N3O3/c1-3-30-23-15-19-11-14-27(17-20(19)16-24(23)31-4-2)18-25(29)26-21-7-9-22(10-8-21)28-12-5-6-13-28/h7-10,15-16H,3-6,11-14,17-18H2,1-2H3,(H,26,29). The zero-order chi connectivity index (χ0) is 21.6. The van der Waals surface area contributed by atoms with Gasteiger partial charge >= 0.3 is 0 Å². The second kappa shape index (κ2) is 10.1. The number of rotatable bonds is 8. The van der Waals surface area contributed by atoms with E-state index in [1.807, 2.05) is 26.0 Å². The first kappa shape index (κ1) is 21.5. The van der Waals surface area contributed by atoms with Crippen molar-refractivity contribution in [2.24, 2.45) is 0 Å². The Kier molecular flexibility index (Phi) is 6.97. The number of carbonyl (C=O) groups excluding carboxylic acids is 1. The summed E-state index contributed by atoms with van der Waals surface area (Å²) in [6, 6.07) is 12.4. The van der Waals surface area contributed by atoms with Crippen LogP contribution in [0.15, 0.2) is 36.4 Å². The summed E-state index contributed by atoms with van der Waals surface area (Å²) in [4.78, 5) is 17.2. The fourth-order valence-corrected chi connectivity index (χ4v) is 4.43. The van der Waals surface area contributed by atoms with Crippen LogP contribution in [0, 0.1) is 0 Å². The van der Waals surface area contributed by atoms with Gasteiger partial charge in [-0.3, -0.25) is 9.69 Å². The molecule has 31 heavy (non-hydrogen) atoms. The van der Waals surface area contributed by atoms with Crippen molar-refractivity contribution in [2.75, 3.05) is 49.6 Å². The van der Waals surface area contributed by atoms with Gasteiger partial charge in [-0.05, 0) is 80.6 Å². The summed E-state index contributed by atoms with van der Waals surface area (Å²) in [5.41, 5.74) is 4.58. The molecular weight excluding hydrogens is 390 g/mol. The van der Waals surface area contributed by atoms with Crippen LogP contribution in [0.3, 0.4) is 0 Å². The molecule has 0 aromatic heterocycles. The molecule has 166 valence electrons. The van der Waals surface area contributed by atoms with Gasteiger partial charge in [-0.25, -0.2) is 0 Å². The van der Waals surface area contributed by atoms with Crippen LogP contribution in [0.1, 0.15) is 37.8 Å². The topological polar surface area (TPSA) is 54.0 Å². The van der Waals surface area contributed by atoms with Gasteiger partial charge < -0.3 is 19.7 Å². The molecule has 0 unspecified atom stereocenters. The minimum atomic E-state index is 0.0216. The quantitative estimate of drug-likeness (QED) is 0.693. The van der Waals surface area contributed by atoms with E-state index < -0.39 is 0 Å². The van der Waals surface area contributed by atoms with Gasteiger partial charge in [0.05, 0.1) is 19.8 Å². The normalized spacial score (nSPS) is 16.1. The summed E-state index contributed by atoms with van der Waals surface area (Å²) in [7, 11) is 0. The average molecular weight is 424 g/mol. The summed E-state index contributed by atoms with van der Waals surface area (Å²) < 4.78 is 11.5. The van der Waals surface area contributed by atoms with Crippen molar-refractivity contribution in [3.05, 3.63) is 47.5 Å². The van der Waals surface area contributed by atoms with E-state index in [0.717, 1.165) is 49.8 Å². The van der Waals surface area contributed by atoms with Gasteiger partial charge in [0.2, 0.25) is 5.91 Å². The first-order chi connectivity index (χ1) is 15.2. The van der Waals surface area contributed by atoms with Crippen molar-refractivity contribution in [1.29, 1.82) is 0 Å². The van der Waals surface area contributed by atoms with Crippen LogP contribution in [0.2, 0.25) is 0 Å². The molecule has 0 radical (unpaired) electrons. The zero-order valence-corrected chi connectivity index (χ0v) is 18.7. The Bertz CT molecular complexity index is 892. The largest absolute Gasteiger partial charge is 0.490 e. The monoisotopic (exact) mass is 423 g/mol. The lowest BCUT2D eigenvalue weighted by atomic mass is 9.98. The molecule has 0 bridgehead atoms. The predicted octanol–water partition coefficient (Wildman–Crippen LogP) is 4.08. The van der Waals surface area contributed by atoms with Crippen molar-refractivity contribution >= 4 is 17.3 Å². The molecule has 1 amide bonds. The highest BCUT2D eigenvalue weighted by molar-refractivity contribution is 5.92. The SMILES string of the molecule is CCOc1cc2c(cc1OCC)CN(CC(=O)Nc1ccc(N3CCCC3)cc1)CC2. The predicted molar refractivity (Wildman–Crippen MR) is 124 cm³/mol. The Labute approximate surface area is 185 Å². The second-order valence-corrected chi connectivity index (χ2v) is 8.18. The number of nitrogens with zero attached hydrogens (tertiary/aromatic N) is 2. The van der Waals surface area contributed by atoms with E-state index in [4.69, 9.17) is 9.47 Å². The van der Waals surface area contributed by atoms with E-state index in [9.17, 15) is 4.79 Å². The molecule has 2 heterocycles. The molecule has 0 saturated carbocycles. The van der Waals surface area contributed by atoms with Crippen LogP contribution >= 0.6 is 0 Å². The van der Waals surface area contributed by atoms with E-state index in [1.165, 1.54) is 29.7 Å². The number of ether oxygens (including phenoxy) is 2. The smallest absolute Gasteiger partial charge is 0.238 e. The van der Waals surface area contributed by atoms with Crippen LogP contribution in [-0.4, -0.2) is 50.2 Å². The van der Waals surface area contributed by atoms with Crippen LogP contribution < -0.4 is 19.7 Å². The molecule has 6 nitrogen and oxygen atoms in total. The molecule has 1 fully saturated rings. The number of nitrogens with one attached hydrogen (secondary N) is 1. The van der Waals surface area contributed by atoms with E-state index >= 15 is 0 Å². The number of hydrogen-bond donors (Lipinski definition) is 1. The molecule has 2 aliphatic heterocycles. The molecule has 0 atom stereocenters. The fourth-order valence-electron chi connectivity index (χ4n) is 4.43. The minimum Gasteiger partial charge on any atom is -0.490 e. The lowest BCUT2D eigenvalue weighted by Gasteiger charge is -2.29. The van der Waals surface area contributed by atoms with Gasteiger partial charge in [0.1, 0.15) is 0 Å². The maximum absolute atomic E-state index is 12.6. The molecule has 6 heteroatoms. The second-order valence-electron chi connectivity index (χ2n) is 8.18. The van der Waals surface area contributed by atoms with E-state index in [0.29, 0.717) is 19.8 Å². The Morgan fingerprint density at radius 2 is 1.58 bits per heavy atom. The molecule has 4 rings (SSSR count). The van der Waals surface area contributed by atoms with E-state index in [1.54, 1.807) is 0 Å².